The maximum Gasteiger partial charge on any atom is 0.194 e. The third-order valence-corrected chi connectivity index (χ3v) is 3.49. The molecular formula is C14H11ClOS. The summed E-state index contributed by atoms with van der Waals surface area (Å²) in [5.74, 6) is -0.0657. The van der Waals surface area contributed by atoms with Gasteiger partial charge in [0, 0.05) is 16.0 Å². The van der Waals surface area contributed by atoms with Crippen LogP contribution in [0.1, 0.15) is 21.5 Å². The summed E-state index contributed by atoms with van der Waals surface area (Å²) in [6.07, 6.45) is 0. The molecule has 0 radical (unpaired) electrons. The summed E-state index contributed by atoms with van der Waals surface area (Å²) < 4.78 is 0. The van der Waals surface area contributed by atoms with Crippen molar-refractivity contribution in [1.29, 1.82) is 0 Å². The highest BCUT2D eigenvalue weighted by Crippen LogP contribution is 2.28. The van der Waals surface area contributed by atoms with Crippen LogP contribution in [0, 0.1) is 6.92 Å². The van der Waals surface area contributed by atoms with Gasteiger partial charge in [-0.15, -0.1) is 12.6 Å². The lowest BCUT2D eigenvalue weighted by Crippen LogP contribution is -2.04. The monoisotopic (exact) mass is 262 g/mol. The molecule has 0 unspecified atom stereocenters. The number of ketones is 1. The van der Waals surface area contributed by atoms with E-state index in [9.17, 15) is 4.79 Å². The Hall–Kier alpha value is -1.25. The molecule has 0 atom stereocenters. The fraction of sp³-hybridized carbons (Fsp3) is 0.0714. The summed E-state index contributed by atoms with van der Waals surface area (Å²) >= 11 is 10.4. The number of carbonyl (C=O) groups is 1. The maximum atomic E-state index is 12.3. The van der Waals surface area contributed by atoms with Gasteiger partial charge >= 0.3 is 0 Å². The third kappa shape index (κ3) is 2.38. The van der Waals surface area contributed by atoms with E-state index in [1.165, 1.54) is 0 Å². The summed E-state index contributed by atoms with van der Waals surface area (Å²) in [6, 6.07) is 12.8. The number of hydrogen-bond acceptors (Lipinski definition) is 2. The van der Waals surface area contributed by atoms with Crippen molar-refractivity contribution >= 4 is 30.0 Å². The molecule has 0 N–H and O–H groups in total. The first-order valence-corrected chi connectivity index (χ1v) is 6.01. The van der Waals surface area contributed by atoms with E-state index >= 15 is 0 Å². The first kappa shape index (κ1) is 12.2. The average molecular weight is 263 g/mol. The van der Waals surface area contributed by atoms with Crippen LogP contribution in [0.5, 0.6) is 0 Å². The molecule has 2 aromatic carbocycles. The van der Waals surface area contributed by atoms with E-state index in [2.05, 4.69) is 12.6 Å². The van der Waals surface area contributed by atoms with E-state index in [4.69, 9.17) is 11.6 Å². The zero-order valence-electron chi connectivity index (χ0n) is 9.27. The summed E-state index contributed by atoms with van der Waals surface area (Å²) in [4.78, 5) is 12.9. The van der Waals surface area contributed by atoms with Gasteiger partial charge in [-0.25, -0.2) is 0 Å². The first-order valence-electron chi connectivity index (χ1n) is 5.19. The molecule has 0 aliphatic rings. The molecule has 0 aromatic heterocycles. The van der Waals surface area contributed by atoms with E-state index in [0.717, 1.165) is 5.56 Å². The molecule has 0 heterocycles. The topological polar surface area (TPSA) is 17.1 Å². The van der Waals surface area contributed by atoms with Crippen LogP contribution < -0.4 is 0 Å². The molecule has 0 bridgehead atoms. The second-order valence-electron chi connectivity index (χ2n) is 3.79. The summed E-state index contributed by atoms with van der Waals surface area (Å²) in [5.41, 5.74) is 2.03. The molecule has 0 fully saturated rings. The Morgan fingerprint density at radius 3 is 2.41 bits per heavy atom. The smallest absolute Gasteiger partial charge is 0.194 e. The van der Waals surface area contributed by atoms with E-state index in [0.29, 0.717) is 21.0 Å². The lowest BCUT2D eigenvalue weighted by molar-refractivity contribution is 0.103. The number of carbonyl (C=O) groups excluding carboxylic acids is 1. The van der Waals surface area contributed by atoms with Gasteiger partial charge in [0.25, 0.3) is 0 Å². The second kappa shape index (κ2) is 4.94. The number of benzene rings is 2. The van der Waals surface area contributed by atoms with E-state index < -0.39 is 0 Å². The highest BCUT2D eigenvalue weighted by molar-refractivity contribution is 7.80. The van der Waals surface area contributed by atoms with Crippen molar-refractivity contribution in [2.24, 2.45) is 0 Å². The fourth-order valence-corrected chi connectivity index (χ4v) is 2.16. The van der Waals surface area contributed by atoms with Gasteiger partial charge in [-0.2, -0.15) is 0 Å². The van der Waals surface area contributed by atoms with Crippen molar-refractivity contribution in [3.8, 4) is 0 Å². The summed E-state index contributed by atoms with van der Waals surface area (Å²) in [7, 11) is 0. The quantitative estimate of drug-likeness (QED) is 0.635. The van der Waals surface area contributed by atoms with Gasteiger partial charge in [0.05, 0.1) is 5.02 Å². The molecule has 0 aliphatic carbocycles. The Labute approximate surface area is 111 Å². The zero-order valence-corrected chi connectivity index (χ0v) is 10.9. The number of thiol groups is 1. The van der Waals surface area contributed by atoms with Gasteiger partial charge < -0.3 is 0 Å². The van der Waals surface area contributed by atoms with E-state index in [1.807, 2.05) is 31.2 Å². The van der Waals surface area contributed by atoms with Gasteiger partial charge in [-0.3, -0.25) is 4.79 Å². The Kier molecular flexibility index (Phi) is 3.55. The first-order chi connectivity index (χ1) is 8.11. The second-order valence-corrected chi connectivity index (χ2v) is 4.65. The van der Waals surface area contributed by atoms with E-state index in [-0.39, 0.29) is 5.78 Å². The standard InChI is InChI=1S/C14H11ClOS/c1-9-7-8-11(17)13(15)12(9)14(16)10-5-3-2-4-6-10/h2-8,17H,1H3. The van der Waals surface area contributed by atoms with Crippen LogP contribution >= 0.6 is 24.2 Å². The fourth-order valence-electron chi connectivity index (χ4n) is 1.67. The predicted molar refractivity (Wildman–Crippen MR) is 73.3 cm³/mol. The number of aryl methyl sites for hydroxylation is 1. The molecule has 2 aromatic rings. The van der Waals surface area contributed by atoms with E-state index in [1.54, 1.807) is 18.2 Å². The van der Waals surface area contributed by atoms with Crippen LogP contribution in [-0.4, -0.2) is 5.78 Å². The van der Waals surface area contributed by atoms with Gasteiger partial charge in [-0.1, -0.05) is 48.0 Å². The average Bonchev–Trinajstić information content (AvgIpc) is 2.35. The highest BCUT2D eigenvalue weighted by Gasteiger charge is 2.16. The molecule has 3 heteroatoms. The normalized spacial score (nSPS) is 10.3. The summed E-state index contributed by atoms with van der Waals surface area (Å²) in [6.45, 7) is 1.87. The third-order valence-electron chi connectivity index (χ3n) is 2.59. The van der Waals surface area contributed by atoms with Crippen LogP contribution in [-0.2, 0) is 0 Å². The highest BCUT2D eigenvalue weighted by atomic mass is 35.5. The van der Waals surface area contributed by atoms with Gasteiger partial charge in [-0.05, 0) is 18.6 Å². The summed E-state index contributed by atoms with van der Waals surface area (Å²) in [5, 5.41) is 0.419. The van der Waals surface area contributed by atoms with Crippen LogP contribution in [0.3, 0.4) is 0 Å². The molecule has 1 nitrogen and oxygen atoms in total. The molecular weight excluding hydrogens is 252 g/mol. The number of halogens is 1. The van der Waals surface area contributed by atoms with Crippen LogP contribution in [0.15, 0.2) is 47.4 Å². The minimum absolute atomic E-state index is 0.0657. The molecule has 86 valence electrons. The maximum absolute atomic E-state index is 12.3. The van der Waals surface area contributed by atoms with Crippen LogP contribution in [0.2, 0.25) is 5.02 Å². The lowest BCUT2D eigenvalue weighted by atomic mass is 9.99. The molecule has 0 saturated carbocycles. The van der Waals surface area contributed by atoms with Crippen molar-refractivity contribution in [1.82, 2.24) is 0 Å². The number of rotatable bonds is 2. The molecule has 0 spiro atoms. The SMILES string of the molecule is Cc1ccc(S)c(Cl)c1C(=O)c1ccccc1. The Morgan fingerprint density at radius 2 is 1.76 bits per heavy atom. The number of hydrogen-bond donors (Lipinski definition) is 1. The molecule has 0 saturated heterocycles. The Bertz CT molecular complexity index is 564. The van der Waals surface area contributed by atoms with Crippen molar-refractivity contribution in [3.63, 3.8) is 0 Å². The van der Waals surface area contributed by atoms with Crippen molar-refractivity contribution in [3.05, 3.63) is 64.2 Å². The molecule has 17 heavy (non-hydrogen) atoms. The van der Waals surface area contributed by atoms with Gasteiger partial charge in [0.2, 0.25) is 0 Å². The largest absolute Gasteiger partial charge is 0.289 e. The molecule has 0 amide bonds. The van der Waals surface area contributed by atoms with Crippen molar-refractivity contribution in [2.75, 3.05) is 0 Å². The van der Waals surface area contributed by atoms with Crippen LogP contribution in [0.4, 0.5) is 0 Å². The van der Waals surface area contributed by atoms with Crippen molar-refractivity contribution < 1.29 is 4.79 Å². The van der Waals surface area contributed by atoms with Crippen molar-refractivity contribution in [2.45, 2.75) is 11.8 Å². The predicted octanol–water partition coefficient (Wildman–Crippen LogP) is 4.17. The van der Waals surface area contributed by atoms with Gasteiger partial charge in [0.15, 0.2) is 5.78 Å². The Morgan fingerprint density at radius 1 is 1.12 bits per heavy atom. The minimum atomic E-state index is -0.0657. The van der Waals surface area contributed by atoms with Crippen LogP contribution in [0.25, 0.3) is 0 Å². The minimum Gasteiger partial charge on any atom is -0.289 e. The zero-order chi connectivity index (χ0) is 12.4. The Balaban J connectivity index is 2.56. The lowest BCUT2D eigenvalue weighted by Gasteiger charge is -2.09. The molecule has 2 rings (SSSR count). The molecule has 0 aliphatic heterocycles. The van der Waals surface area contributed by atoms with Gasteiger partial charge in [0.1, 0.15) is 0 Å².